The van der Waals surface area contributed by atoms with Crippen molar-refractivity contribution in [1.82, 2.24) is 14.1 Å². The Kier molecular flexibility index (Phi) is 4.06. The molecule has 0 saturated carbocycles. The molecular formula is C9H15N5O3S2. The van der Waals surface area contributed by atoms with Crippen molar-refractivity contribution in [2.75, 3.05) is 19.1 Å². The molecule has 0 spiro atoms. The van der Waals surface area contributed by atoms with E-state index < -0.39 is 10.0 Å². The van der Waals surface area contributed by atoms with Crippen molar-refractivity contribution < 1.29 is 13.2 Å². The number of methoxy groups -OCH3 is 1. The van der Waals surface area contributed by atoms with Crippen LogP contribution in [0.15, 0.2) is 16.6 Å². The highest BCUT2D eigenvalue weighted by Crippen LogP contribution is 2.24. The Balaban J connectivity index is 2.38. The first-order chi connectivity index (χ1) is 8.99. The second kappa shape index (κ2) is 5.43. The molecule has 2 aromatic rings. The molecule has 4 N–H and O–H groups in total. The van der Waals surface area contributed by atoms with Crippen molar-refractivity contribution in [3.8, 4) is 0 Å². The summed E-state index contributed by atoms with van der Waals surface area (Å²) in [6, 6.07) is 0. The van der Waals surface area contributed by atoms with E-state index in [1.54, 1.807) is 18.5 Å². The van der Waals surface area contributed by atoms with Crippen LogP contribution in [0.3, 0.4) is 0 Å². The average Bonchev–Trinajstić information content (AvgIpc) is 2.94. The van der Waals surface area contributed by atoms with E-state index in [4.69, 9.17) is 10.6 Å². The predicted octanol–water partition coefficient (Wildman–Crippen LogP) is -0.00540. The summed E-state index contributed by atoms with van der Waals surface area (Å²) in [7, 11) is -2.21. The number of anilines is 1. The van der Waals surface area contributed by atoms with Crippen LogP contribution < -0.4 is 16.0 Å². The molecule has 1 unspecified atom stereocenters. The van der Waals surface area contributed by atoms with Crippen molar-refractivity contribution in [2.24, 2.45) is 5.84 Å². The van der Waals surface area contributed by atoms with Gasteiger partial charge in [0.1, 0.15) is 0 Å². The Hall–Kier alpha value is -1.20. The molecule has 19 heavy (non-hydrogen) atoms. The van der Waals surface area contributed by atoms with Gasteiger partial charge in [0.2, 0.25) is 5.03 Å². The molecule has 1 atom stereocenters. The minimum Gasteiger partial charge on any atom is -0.380 e. The Morgan fingerprint density at radius 3 is 3.00 bits per heavy atom. The minimum absolute atomic E-state index is 0.00504. The minimum atomic E-state index is -3.73. The molecule has 10 heteroatoms. The number of ether oxygens (including phenoxy) is 1. The Morgan fingerprint density at radius 2 is 2.37 bits per heavy atom. The summed E-state index contributed by atoms with van der Waals surface area (Å²) in [5.74, 6) is 5.43. The molecule has 2 heterocycles. The molecule has 0 bridgehead atoms. The largest absolute Gasteiger partial charge is 0.380 e. The van der Waals surface area contributed by atoms with E-state index in [2.05, 4.69) is 15.1 Å². The average molecular weight is 305 g/mol. The standard InChI is InChI=1S/C9H15N5O3S2/c1-6(17-2)5-11-19(15,16)8-7(13-10)12-9-14(8)3-4-18-9/h3-4,6,11,13H,5,10H2,1-2H3. The molecule has 0 aliphatic rings. The van der Waals surface area contributed by atoms with Crippen molar-refractivity contribution in [3.63, 3.8) is 0 Å². The SMILES string of the molecule is COC(C)CNS(=O)(=O)c1c(NN)nc2sccn12. The number of sulfonamides is 1. The first kappa shape index (κ1) is 14.2. The molecule has 2 rings (SSSR count). The molecule has 0 aliphatic carbocycles. The highest BCUT2D eigenvalue weighted by Gasteiger charge is 2.25. The highest BCUT2D eigenvalue weighted by molar-refractivity contribution is 7.89. The fourth-order valence-corrected chi connectivity index (χ4v) is 3.62. The van der Waals surface area contributed by atoms with Gasteiger partial charge in [-0.1, -0.05) is 0 Å². The summed E-state index contributed by atoms with van der Waals surface area (Å²) in [5, 5.41) is 1.74. The van der Waals surface area contributed by atoms with Gasteiger partial charge in [-0.25, -0.2) is 19.0 Å². The monoisotopic (exact) mass is 305 g/mol. The summed E-state index contributed by atoms with van der Waals surface area (Å²) in [6.07, 6.45) is 1.40. The molecule has 2 aromatic heterocycles. The van der Waals surface area contributed by atoms with Crippen molar-refractivity contribution in [3.05, 3.63) is 11.6 Å². The lowest BCUT2D eigenvalue weighted by molar-refractivity contribution is 0.122. The van der Waals surface area contributed by atoms with Gasteiger partial charge in [0, 0.05) is 25.2 Å². The fraction of sp³-hybridized carbons (Fsp3) is 0.444. The van der Waals surface area contributed by atoms with E-state index in [1.807, 2.05) is 0 Å². The van der Waals surface area contributed by atoms with E-state index in [0.29, 0.717) is 4.96 Å². The van der Waals surface area contributed by atoms with Gasteiger partial charge in [0.25, 0.3) is 10.0 Å². The molecule has 106 valence electrons. The first-order valence-corrected chi connectivity index (χ1v) is 7.80. The summed E-state index contributed by atoms with van der Waals surface area (Å²) >= 11 is 1.32. The van der Waals surface area contributed by atoms with Gasteiger partial charge in [-0.15, -0.1) is 11.3 Å². The van der Waals surface area contributed by atoms with Crippen LogP contribution in [0.4, 0.5) is 5.82 Å². The number of nitrogens with zero attached hydrogens (tertiary/aromatic N) is 2. The number of hydrazine groups is 1. The second-order valence-corrected chi connectivity index (χ2v) is 6.42. The third-order valence-electron chi connectivity index (χ3n) is 2.57. The maximum Gasteiger partial charge on any atom is 0.260 e. The van der Waals surface area contributed by atoms with Crippen LogP contribution in [0.5, 0.6) is 0 Å². The molecule has 0 fully saturated rings. The zero-order valence-electron chi connectivity index (χ0n) is 10.5. The third kappa shape index (κ3) is 2.72. The molecule has 0 aliphatic heterocycles. The van der Waals surface area contributed by atoms with Gasteiger partial charge in [-0.2, -0.15) is 4.98 Å². The maximum atomic E-state index is 12.3. The molecular weight excluding hydrogens is 290 g/mol. The van der Waals surface area contributed by atoms with Crippen LogP contribution in [0.2, 0.25) is 0 Å². The Labute approximate surface area is 114 Å². The zero-order chi connectivity index (χ0) is 14.0. The zero-order valence-corrected chi connectivity index (χ0v) is 12.1. The molecule has 0 aromatic carbocycles. The van der Waals surface area contributed by atoms with Gasteiger partial charge in [0.15, 0.2) is 10.8 Å². The topological polar surface area (TPSA) is 111 Å². The molecule has 0 radical (unpaired) electrons. The molecule has 0 saturated heterocycles. The van der Waals surface area contributed by atoms with Crippen LogP contribution in [0.1, 0.15) is 6.92 Å². The number of nitrogens with two attached hydrogens (primary N) is 1. The van der Waals surface area contributed by atoms with Crippen molar-refractivity contribution in [2.45, 2.75) is 18.1 Å². The lowest BCUT2D eigenvalue weighted by Gasteiger charge is -2.11. The summed E-state index contributed by atoms with van der Waals surface area (Å²) in [5.41, 5.74) is 2.30. The third-order valence-corrected chi connectivity index (χ3v) is 4.78. The fourth-order valence-electron chi connectivity index (χ4n) is 1.49. The number of fused-ring (bicyclic) bond motifs is 1. The number of imidazole rings is 1. The van der Waals surface area contributed by atoms with E-state index in [-0.39, 0.29) is 23.5 Å². The van der Waals surface area contributed by atoms with Crippen molar-refractivity contribution >= 4 is 32.1 Å². The van der Waals surface area contributed by atoms with Gasteiger partial charge >= 0.3 is 0 Å². The highest BCUT2D eigenvalue weighted by atomic mass is 32.2. The summed E-state index contributed by atoms with van der Waals surface area (Å²) in [4.78, 5) is 4.65. The van der Waals surface area contributed by atoms with Gasteiger partial charge in [0.05, 0.1) is 6.10 Å². The number of nitrogen functional groups attached to an aromatic ring is 1. The Morgan fingerprint density at radius 1 is 1.63 bits per heavy atom. The summed E-state index contributed by atoms with van der Waals surface area (Å²) < 4.78 is 33.5. The molecule has 0 amide bonds. The van der Waals surface area contributed by atoms with Crippen LogP contribution in [0.25, 0.3) is 4.96 Å². The second-order valence-electron chi connectivity index (χ2n) is 3.86. The predicted molar refractivity (Wildman–Crippen MR) is 72.5 cm³/mol. The van der Waals surface area contributed by atoms with Crippen LogP contribution >= 0.6 is 11.3 Å². The van der Waals surface area contributed by atoms with Gasteiger partial charge in [-0.05, 0) is 6.92 Å². The van der Waals surface area contributed by atoms with E-state index in [1.165, 1.54) is 22.8 Å². The summed E-state index contributed by atoms with van der Waals surface area (Å²) in [6.45, 7) is 1.93. The number of rotatable bonds is 6. The van der Waals surface area contributed by atoms with Crippen LogP contribution in [-0.2, 0) is 14.8 Å². The van der Waals surface area contributed by atoms with E-state index in [0.717, 1.165) is 0 Å². The number of nitrogens with one attached hydrogen (secondary N) is 2. The first-order valence-electron chi connectivity index (χ1n) is 5.44. The number of hydrogen-bond acceptors (Lipinski definition) is 7. The quantitative estimate of drug-likeness (QED) is 0.511. The smallest absolute Gasteiger partial charge is 0.260 e. The lowest BCUT2D eigenvalue weighted by atomic mass is 10.4. The van der Waals surface area contributed by atoms with Crippen LogP contribution in [-0.4, -0.2) is 37.6 Å². The van der Waals surface area contributed by atoms with Crippen LogP contribution in [0, 0.1) is 0 Å². The molecule has 8 nitrogen and oxygen atoms in total. The maximum absolute atomic E-state index is 12.3. The number of aromatic nitrogens is 2. The van der Waals surface area contributed by atoms with E-state index >= 15 is 0 Å². The lowest BCUT2D eigenvalue weighted by Crippen LogP contribution is -2.32. The number of thiazole rings is 1. The van der Waals surface area contributed by atoms with Crippen molar-refractivity contribution in [1.29, 1.82) is 0 Å². The van der Waals surface area contributed by atoms with E-state index in [9.17, 15) is 8.42 Å². The Bertz CT molecular complexity index is 662. The number of hydrogen-bond donors (Lipinski definition) is 3. The van der Waals surface area contributed by atoms with Gasteiger partial charge in [-0.3, -0.25) is 4.40 Å². The normalized spacial score (nSPS) is 13.8. The van der Waals surface area contributed by atoms with Gasteiger partial charge < -0.3 is 10.2 Å².